The van der Waals surface area contributed by atoms with E-state index < -0.39 is 0 Å². The van der Waals surface area contributed by atoms with Crippen molar-refractivity contribution in [2.45, 2.75) is 39.5 Å². The summed E-state index contributed by atoms with van der Waals surface area (Å²) in [5.41, 5.74) is -0.134. The van der Waals surface area contributed by atoms with Crippen molar-refractivity contribution in [2.24, 2.45) is 0 Å². The number of rotatable bonds is 0. The van der Waals surface area contributed by atoms with Gasteiger partial charge >= 0.3 is 0 Å². The lowest BCUT2D eigenvalue weighted by molar-refractivity contribution is -0.136. The van der Waals surface area contributed by atoms with Gasteiger partial charge in [0.15, 0.2) is 0 Å². The summed E-state index contributed by atoms with van der Waals surface area (Å²) in [6, 6.07) is 0. The molecule has 0 aromatic heterocycles. The van der Waals surface area contributed by atoms with Gasteiger partial charge in [0.1, 0.15) is 6.23 Å². The monoisotopic (exact) mass is 157 g/mol. The van der Waals surface area contributed by atoms with Crippen LogP contribution in [0.15, 0.2) is 0 Å². The maximum absolute atomic E-state index is 11.1. The number of hydrogen-bond donors (Lipinski definition) is 0. The SMILES string of the molecule is CC(=O)N1C(C)OCC1(C)C. The van der Waals surface area contributed by atoms with Crippen LogP contribution in [0.2, 0.25) is 0 Å². The highest BCUT2D eigenvalue weighted by Crippen LogP contribution is 2.26. The fourth-order valence-corrected chi connectivity index (χ4v) is 1.64. The Balaban J connectivity index is 2.80. The molecule has 64 valence electrons. The third-order valence-corrected chi connectivity index (χ3v) is 2.03. The van der Waals surface area contributed by atoms with E-state index in [1.54, 1.807) is 11.8 Å². The van der Waals surface area contributed by atoms with Crippen LogP contribution in [0.25, 0.3) is 0 Å². The number of carbonyl (C=O) groups excluding carboxylic acids is 1. The van der Waals surface area contributed by atoms with Crippen LogP contribution >= 0.6 is 0 Å². The zero-order valence-corrected chi connectivity index (χ0v) is 7.55. The van der Waals surface area contributed by atoms with Gasteiger partial charge < -0.3 is 9.64 Å². The Morgan fingerprint density at radius 1 is 1.64 bits per heavy atom. The molecule has 3 heteroatoms. The predicted octanol–water partition coefficient (Wildman–Crippen LogP) is 0.990. The van der Waals surface area contributed by atoms with Gasteiger partial charge in [-0.2, -0.15) is 0 Å². The van der Waals surface area contributed by atoms with Crippen molar-refractivity contribution in [3.8, 4) is 0 Å². The molecule has 0 aliphatic carbocycles. The Hall–Kier alpha value is -0.570. The quantitative estimate of drug-likeness (QED) is 0.524. The van der Waals surface area contributed by atoms with Crippen LogP contribution in [0.3, 0.4) is 0 Å². The molecule has 0 bridgehead atoms. The molecule has 3 nitrogen and oxygen atoms in total. The first kappa shape index (κ1) is 8.53. The van der Waals surface area contributed by atoms with Gasteiger partial charge in [-0.1, -0.05) is 0 Å². The zero-order valence-electron chi connectivity index (χ0n) is 7.55. The molecule has 1 atom stereocenters. The van der Waals surface area contributed by atoms with Crippen molar-refractivity contribution in [3.05, 3.63) is 0 Å². The lowest BCUT2D eigenvalue weighted by atomic mass is 10.1. The first-order valence-electron chi connectivity index (χ1n) is 3.86. The lowest BCUT2D eigenvalue weighted by Gasteiger charge is -2.30. The average Bonchev–Trinajstić information content (AvgIpc) is 2.06. The minimum absolute atomic E-state index is 0.0671. The molecule has 0 spiro atoms. The predicted molar refractivity (Wildman–Crippen MR) is 42.0 cm³/mol. The number of nitrogens with zero attached hydrogens (tertiary/aromatic N) is 1. The van der Waals surface area contributed by atoms with Crippen LogP contribution in [0.4, 0.5) is 0 Å². The van der Waals surface area contributed by atoms with E-state index in [9.17, 15) is 4.79 Å². The second-order valence-corrected chi connectivity index (χ2v) is 3.61. The summed E-state index contributed by atoms with van der Waals surface area (Å²) in [5, 5.41) is 0. The molecule has 1 aliphatic heterocycles. The highest BCUT2D eigenvalue weighted by atomic mass is 16.5. The summed E-state index contributed by atoms with van der Waals surface area (Å²) >= 11 is 0. The Kier molecular flexibility index (Phi) is 1.92. The van der Waals surface area contributed by atoms with Gasteiger partial charge in [0.05, 0.1) is 12.1 Å². The van der Waals surface area contributed by atoms with Crippen molar-refractivity contribution in [3.63, 3.8) is 0 Å². The third kappa shape index (κ3) is 1.38. The molecule has 11 heavy (non-hydrogen) atoms. The molecule has 0 N–H and O–H groups in total. The molecule has 1 fully saturated rings. The van der Waals surface area contributed by atoms with Crippen LogP contribution in [0.5, 0.6) is 0 Å². The van der Waals surface area contributed by atoms with Crippen molar-refractivity contribution in [2.75, 3.05) is 6.61 Å². The molecule has 0 aromatic carbocycles. The number of amides is 1. The summed E-state index contributed by atoms with van der Waals surface area (Å²) in [6.07, 6.45) is -0.0671. The minimum atomic E-state index is -0.134. The Labute approximate surface area is 67.3 Å². The van der Waals surface area contributed by atoms with Crippen LogP contribution in [-0.4, -0.2) is 29.2 Å². The van der Waals surface area contributed by atoms with Gasteiger partial charge in [0.2, 0.25) is 5.91 Å². The fraction of sp³-hybridized carbons (Fsp3) is 0.875. The highest BCUT2D eigenvalue weighted by Gasteiger charge is 2.39. The molecular weight excluding hydrogens is 142 g/mol. The summed E-state index contributed by atoms with van der Waals surface area (Å²) in [7, 11) is 0. The van der Waals surface area contributed by atoms with E-state index in [4.69, 9.17) is 4.74 Å². The summed E-state index contributed by atoms with van der Waals surface area (Å²) < 4.78 is 5.35. The number of carbonyl (C=O) groups is 1. The molecule has 1 heterocycles. The first-order chi connectivity index (χ1) is 4.95. The van der Waals surface area contributed by atoms with E-state index in [0.29, 0.717) is 6.61 Å². The van der Waals surface area contributed by atoms with E-state index in [1.807, 2.05) is 20.8 Å². The molecule has 1 aliphatic rings. The van der Waals surface area contributed by atoms with Crippen molar-refractivity contribution in [1.29, 1.82) is 0 Å². The molecule has 1 saturated heterocycles. The van der Waals surface area contributed by atoms with E-state index in [0.717, 1.165) is 0 Å². The summed E-state index contributed by atoms with van der Waals surface area (Å²) in [5.74, 6) is 0.0833. The van der Waals surface area contributed by atoms with Gasteiger partial charge in [0.25, 0.3) is 0 Å². The van der Waals surface area contributed by atoms with Crippen LogP contribution in [0.1, 0.15) is 27.7 Å². The van der Waals surface area contributed by atoms with Gasteiger partial charge in [-0.05, 0) is 20.8 Å². The van der Waals surface area contributed by atoms with Gasteiger partial charge in [-0.25, -0.2) is 0 Å². The van der Waals surface area contributed by atoms with E-state index in [2.05, 4.69) is 0 Å². The van der Waals surface area contributed by atoms with Gasteiger partial charge in [-0.15, -0.1) is 0 Å². The Morgan fingerprint density at radius 3 is 2.36 bits per heavy atom. The fourth-order valence-electron chi connectivity index (χ4n) is 1.64. The molecule has 0 aromatic rings. The van der Waals surface area contributed by atoms with E-state index >= 15 is 0 Å². The van der Waals surface area contributed by atoms with Crippen LogP contribution in [0, 0.1) is 0 Å². The van der Waals surface area contributed by atoms with Crippen molar-refractivity contribution >= 4 is 5.91 Å². The molecule has 1 amide bonds. The Bertz CT molecular complexity index is 177. The maximum Gasteiger partial charge on any atom is 0.221 e. The highest BCUT2D eigenvalue weighted by molar-refractivity contribution is 5.74. The number of hydrogen-bond acceptors (Lipinski definition) is 2. The van der Waals surface area contributed by atoms with Gasteiger partial charge in [0, 0.05) is 6.92 Å². The summed E-state index contributed by atoms with van der Waals surface area (Å²) in [6.45, 7) is 8.13. The second kappa shape index (κ2) is 2.48. The van der Waals surface area contributed by atoms with E-state index in [-0.39, 0.29) is 17.7 Å². The maximum atomic E-state index is 11.1. The largest absolute Gasteiger partial charge is 0.356 e. The van der Waals surface area contributed by atoms with Crippen LogP contribution in [-0.2, 0) is 9.53 Å². The third-order valence-electron chi connectivity index (χ3n) is 2.03. The lowest BCUT2D eigenvalue weighted by Crippen LogP contribution is -2.46. The molecule has 1 unspecified atom stereocenters. The Morgan fingerprint density at radius 2 is 2.18 bits per heavy atom. The number of ether oxygens (including phenoxy) is 1. The topological polar surface area (TPSA) is 29.5 Å². The zero-order chi connectivity index (χ0) is 8.65. The van der Waals surface area contributed by atoms with E-state index in [1.165, 1.54) is 0 Å². The van der Waals surface area contributed by atoms with Gasteiger partial charge in [-0.3, -0.25) is 4.79 Å². The molecule has 1 rings (SSSR count). The minimum Gasteiger partial charge on any atom is -0.356 e. The van der Waals surface area contributed by atoms with Crippen molar-refractivity contribution < 1.29 is 9.53 Å². The second-order valence-electron chi connectivity index (χ2n) is 3.61. The smallest absolute Gasteiger partial charge is 0.221 e. The van der Waals surface area contributed by atoms with Crippen molar-refractivity contribution in [1.82, 2.24) is 4.90 Å². The molecule has 0 radical (unpaired) electrons. The average molecular weight is 157 g/mol. The standard InChI is InChI=1S/C8H15NO2/c1-6(10)9-7(2)11-5-8(9,3)4/h7H,5H2,1-4H3. The molecule has 0 saturated carbocycles. The first-order valence-corrected chi connectivity index (χ1v) is 3.86. The van der Waals surface area contributed by atoms with Crippen LogP contribution < -0.4 is 0 Å². The molecular formula is C8H15NO2. The summed E-state index contributed by atoms with van der Waals surface area (Å²) in [4.78, 5) is 12.9. The normalized spacial score (nSPS) is 29.1.